The van der Waals surface area contributed by atoms with Crippen LogP contribution >= 0.6 is 0 Å². The Morgan fingerprint density at radius 1 is 1.12 bits per heavy atom. The molecule has 1 aromatic carbocycles. The van der Waals surface area contributed by atoms with Gasteiger partial charge in [0, 0.05) is 12.8 Å². The number of benzene rings is 1. The van der Waals surface area contributed by atoms with Gasteiger partial charge in [-0.05, 0) is 49.9 Å². The molecule has 1 aromatic rings. The van der Waals surface area contributed by atoms with E-state index in [1.54, 1.807) is 0 Å². The van der Waals surface area contributed by atoms with E-state index in [4.69, 9.17) is 5.73 Å². The van der Waals surface area contributed by atoms with Gasteiger partial charge in [-0.3, -0.25) is 4.79 Å². The fourth-order valence-electron chi connectivity index (χ4n) is 1.87. The third-order valence-corrected chi connectivity index (χ3v) is 3.13. The molecule has 0 atom stereocenters. The molecule has 0 aliphatic rings. The van der Waals surface area contributed by atoms with Crippen LogP contribution in [0, 0.1) is 13.8 Å². The quantitative estimate of drug-likeness (QED) is 0.736. The Labute approximate surface area is 104 Å². The summed E-state index contributed by atoms with van der Waals surface area (Å²) < 4.78 is 0. The van der Waals surface area contributed by atoms with Crippen LogP contribution in [0.2, 0.25) is 0 Å². The van der Waals surface area contributed by atoms with Gasteiger partial charge in [-0.2, -0.15) is 0 Å². The molecule has 17 heavy (non-hydrogen) atoms. The lowest BCUT2D eigenvalue weighted by molar-refractivity contribution is -0.118. The number of hydrogen-bond donors (Lipinski definition) is 1. The lowest BCUT2D eigenvalue weighted by Gasteiger charge is -2.05. The van der Waals surface area contributed by atoms with Crippen molar-refractivity contribution in [2.75, 3.05) is 6.54 Å². The highest BCUT2D eigenvalue weighted by Crippen LogP contribution is 2.12. The van der Waals surface area contributed by atoms with E-state index < -0.39 is 0 Å². The maximum atomic E-state index is 11.7. The van der Waals surface area contributed by atoms with Crippen molar-refractivity contribution in [2.24, 2.45) is 5.73 Å². The van der Waals surface area contributed by atoms with Crippen molar-refractivity contribution in [3.63, 3.8) is 0 Å². The molecule has 0 fully saturated rings. The molecule has 2 nitrogen and oxygen atoms in total. The van der Waals surface area contributed by atoms with E-state index in [9.17, 15) is 4.79 Å². The van der Waals surface area contributed by atoms with E-state index in [1.165, 1.54) is 11.1 Å². The Balaban J connectivity index is 2.37. The summed E-state index contributed by atoms with van der Waals surface area (Å²) in [7, 11) is 0. The zero-order chi connectivity index (χ0) is 12.7. The first kappa shape index (κ1) is 13.9. The van der Waals surface area contributed by atoms with Gasteiger partial charge in [-0.1, -0.05) is 24.6 Å². The Hall–Kier alpha value is -1.15. The number of unbranched alkanes of at least 4 members (excludes halogenated alkanes) is 2. The van der Waals surface area contributed by atoms with Crippen molar-refractivity contribution in [3.05, 3.63) is 34.9 Å². The number of carbonyl (C=O) groups excluding carboxylic acids is 1. The first-order valence-electron chi connectivity index (χ1n) is 6.41. The van der Waals surface area contributed by atoms with E-state index in [2.05, 4.69) is 32.0 Å². The number of aryl methyl sites for hydroxylation is 2. The molecule has 0 aromatic heterocycles. The average molecular weight is 233 g/mol. The van der Waals surface area contributed by atoms with Gasteiger partial charge in [0.2, 0.25) is 0 Å². The average Bonchev–Trinajstić information content (AvgIpc) is 2.30. The third-order valence-electron chi connectivity index (χ3n) is 3.13. The molecule has 0 bridgehead atoms. The van der Waals surface area contributed by atoms with Gasteiger partial charge in [-0.15, -0.1) is 0 Å². The molecule has 1 rings (SSSR count). The second kappa shape index (κ2) is 7.23. The summed E-state index contributed by atoms with van der Waals surface area (Å²) in [5.74, 6) is 0.338. The normalized spacial score (nSPS) is 10.5. The van der Waals surface area contributed by atoms with Crippen LogP contribution in [0.4, 0.5) is 0 Å². The van der Waals surface area contributed by atoms with E-state index in [1.807, 2.05) is 0 Å². The molecule has 0 saturated heterocycles. The predicted octanol–water partition coefficient (Wildman–Crippen LogP) is 2.93. The van der Waals surface area contributed by atoms with Crippen LogP contribution < -0.4 is 5.73 Å². The summed E-state index contributed by atoms with van der Waals surface area (Å²) >= 11 is 0. The van der Waals surface area contributed by atoms with Crippen LogP contribution in [0.25, 0.3) is 0 Å². The molecule has 94 valence electrons. The zero-order valence-electron chi connectivity index (χ0n) is 11.0. The Morgan fingerprint density at radius 3 is 2.53 bits per heavy atom. The summed E-state index contributed by atoms with van der Waals surface area (Å²) in [4.78, 5) is 11.7. The number of nitrogens with two attached hydrogens (primary N) is 1. The Bertz CT molecular complexity index is 371. The minimum Gasteiger partial charge on any atom is -0.330 e. The molecule has 0 aliphatic heterocycles. The van der Waals surface area contributed by atoms with Crippen LogP contribution in [0.5, 0.6) is 0 Å². The highest BCUT2D eigenvalue weighted by Gasteiger charge is 2.04. The van der Waals surface area contributed by atoms with Gasteiger partial charge >= 0.3 is 0 Å². The van der Waals surface area contributed by atoms with Crippen molar-refractivity contribution in [3.8, 4) is 0 Å². The summed E-state index contributed by atoms with van der Waals surface area (Å²) in [5, 5.41) is 0. The zero-order valence-corrected chi connectivity index (χ0v) is 11.0. The van der Waals surface area contributed by atoms with Gasteiger partial charge < -0.3 is 5.73 Å². The standard InChI is InChI=1S/C15H23NO/c1-12-7-8-14(10-13(12)2)11-15(17)6-4-3-5-9-16/h7-8,10H,3-6,9,11,16H2,1-2H3. The molecular formula is C15H23NO. The minimum absolute atomic E-state index is 0.338. The fraction of sp³-hybridized carbons (Fsp3) is 0.533. The topological polar surface area (TPSA) is 43.1 Å². The van der Waals surface area contributed by atoms with E-state index >= 15 is 0 Å². The van der Waals surface area contributed by atoms with Crippen molar-refractivity contribution >= 4 is 5.78 Å². The van der Waals surface area contributed by atoms with Crippen molar-refractivity contribution in [1.29, 1.82) is 0 Å². The molecule has 0 aliphatic carbocycles. The molecule has 0 saturated carbocycles. The highest BCUT2D eigenvalue weighted by molar-refractivity contribution is 5.80. The molecule has 0 spiro atoms. The number of carbonyl (C=O) groups is 1. The molecule has 0 amide bonds. The summed E-state index contributed by atoms with van der Waals surface area (Å²) in [6.07, 6.45) is 4.32. The second-order valence-electron chi connectivity index (χ2n) is 4.73. The van der Waals surface area contributed by atoms with Crippen LogP contribution in [0.3, 0.4) is 0 Å². The second-order valence-corrected chi connectivity index (χ2v) is 4.73. The smallest absolute Gasteiger partial charge is 0.137 e. The monoisotopic (exact) mass is 233 g/mol. The van der Waals surface area contributed by atoms with E-state index in [0.29, 0.717) is 18.6 Å². The van der Waals surface area contributed by atoms with Gasteiger partial charge in [0.05, 0.1) is 0 Å². The molecule has 0 unspecified atom stereocenters. The third kappa shape index (κ3) is 5.14. The summed E-state index contributed by atoms with van der Waals surface area (Å²) in [6, 6.07) is 6.26. The van der Waals surface area contributed by atoms with Crippen LogP contribution in [-0.2, 0) is 11.2 Å². The molecule has 2 heteroatoms. The first-order chi connectivity index (χ1) is 8.13. The lowest BCUT2D eigenvalue weighted by Crippen LogP contribution is -2.04. The Kier molecular flexibility index (Phi) is 5.92. The van der Waals surface area contributed by atoms with Crippen molar-refractivity contribution < 1.29 is 4.79 Å². The van der Waals surface area contributed by atoms with Gasteiger partial charge in [0.15, 0.2) is 0 Å². The van der Waals surface area contributed by atoms with Crippen molar-refractivity contribution in [2.45, 2.75) is 46.0 Å². The fourth-order valence-corrected chi connectivity index (χ4v) is 1.87. The van der Waals surface area contributed by atoms with Gasteiger partial charge in [-0.25, -0.2) is 0 Å². The van der Waals surface area contributed by atoms with Crippen LogP contribution in [0.15, 0.2) is 18.2 Å². The number of Topliss-reactive ketones (excluding diaryl/α,β-unsaturated/α-hetero) is 1. The molecule has 0 radical (unpaired) electrons. The van der Waals surface area contributed by atoms with Gasteiger partial charge in [0.1, 0.15) is 5.78 Å². The molecule has 2 N–H and O–H groups in total. The number of rotatable bonds is 7. The first-order valence-corrected chi connectivity index (χ1v) is 6.41. The summed E-state index contributed by atoms with van der Waals surface area (Å²) in [5.41, 5.74) is 9.09. The van der Waals surface area contributed by atoms with Crippen molar-refractivity contribution in [1.82, 2.24) is 0 Å². The SMILES string of the molecule is Cc1ccc(CC(=O)CCCCCN)cc1C. The van der Waals surface area contributed by atoms with E-state index in [0.717, 1.165) is 31.4 Å². The highest BCUT2D eigenvalue weighted by atomic mass is 16.1. The number of hydrogen-bond acceptors (Lipinski definition) is 2. The lowest BCUT2D eigenvalue weighted by atomic mass is 10.0. The Morgan fingerprint density at radius 2 is 1.88 bits per heavy atom. The van der Waals surface area contributed by atoms with Crippen LogP contribution in [-0.4, -0.2) is 12.3 Å². The van der Waals surface area contributed by atoms with E-state index in [-0.39, 0.29) is 0 Å². The maximum absolute atomic E-state index is 11.7. The largest absolute Gasteiger partial charge is 0.330 e. The molecular weight excluding hydrogens is 210 g/mol. The molecule has 0 heterocycles. The number of ketones is 1. The predicted molar refractivity (Wildman–Crippen MR) is 72.1 cm³/mol. The van der Waals surface area contributed by atoms with Gasteiger partial charge in [0.25, 0.3) is 0 Å². The minimum atomic E-state index is 0.338. The maximum Gasteiger partial charge on any atom is 0.137 e. The van der Waals surface area contributed by atoms with Crippen LogP contribution in [0.1, 0.15) is 42.4 Å². The summed E-state index contributed by atoms with van der Waals surface area (Å²) in [6.45, 7) is 4.91.